The molecule has 0 bridgehead atoms. The van der Waals surface area contributed by atoms with Crippen molar-refractivity contribution in [2.45, 2.75) is 39.8 Å². The van der Waals surface area contributed by atoms with E-state index in [-0.39, 0.29) is 5.91 Å². The van der Waals surface area contributed by atoms with E-state index < -0.39 is 0 Å². The highest BCUT2D eigenvalue weighted by molar-refractivity contribution is 5.82. The van der Waals surface area contributed by atoms with Crippen LogP contribution in [0.1, 0.15) is 37.0 Å². The molecule has 0 aliphatic heterocycles. The molecule has 0 saturated heterocycles. The Hall–Kier alpha value is -2.56. The molecule has 3 aromatic rings. The molecule has 0 unspecified atom stereocenters. The maximum Gasteiger partial charge on any atom is 0.224 e. The van der Waals surface area contributed by atoms with Crippen LogP contribution in [0.5, 0.6) is 0 Å². The smallest absolute Gasteiger partial charge is 0.224 e. The van der Waals surface area contributed by atoms with Crippen molar-refractivity contribution in [3.8, 4) is 0 Å². The van der Waals surface area contributed by atoms with Gasteiger partial charge in [-0.15, -0.1) is 0 Å². The second-order valence-electron chi connectivity index (χ2n) is 5.98. The van der Waals surface area contributed by atoms with Crippen LogP contribution in [0.25, 0.3) is 11.0 Å². The number of carbonyl (C=O) groups excluding carboxylic acids is 1. The number of rotatable bonds is 5. The molecule has 2 heterocycles. The number of hydrogen-bond donors (Lipinski definition) is 1. The monoisotopic (exact) mass is 311 g/mol. The quantitative estimate of drug-likeness (QED) is 0.786. The maximum atomic E-state index is 12.0. The molecule has 120 valence electrons. The molecule has 3 rings (SSSR count). The number of aryl methyl sites for hydroxylation is 1. The van der Waals surface area contributed by atoms with Crippen molar-refractivity contribution < 1.29 is 9.21 Å². The Morgan fingerprint density at radius 1 is 1.35 bits per heavy atom. The van der Waals surface area contributed by atoms with Crippen LogP contribution in [-0.4, -0.2) is 15.5 Å². The zero-order valence-corrected chi connectivity index (χ0v) is 13.7. The minimum Gasteiger partial charge on any atom is -0.467 e. The van der Waals surface area contributed by atoms with E-state index in [1.807, 2.05) is 37.3 Å². The Kier molecular flexibility index (Phi) is 4.19. The molecule has 0 fully saturated rings. The molecule has 5 nitrogen and oxygen atoms in total. The van der Waals surface area contributed by atoms with Crippen LogP contribution in [0, 0.1) is 6.92 Å². The van der Waals surface area contributed by atoms with Crippen molar-refractivity contribution in [1.82, 2.24) is 14.9 Å². The second kappa shape index (κ2) is 6.28. The van der Waals surface area contributed by atoms with Crippen LogP contribution in [0.15, 0.2) is 41.0 Å². The number of nitrogens with zero attached hydrogens (tertiary/aromatic N) is 2. The lowest BCUT2D eigenvalue weighted by Gasteiger charge is -2.10. The summed E-state index contributed by atoms with van der Waals surface area (Å²) in [6, 6.07) is 10.0. The second-order valence-corrected chi connectivity index (χ2v) is 5.98. The Morgan fingerprint density at radius 2 is 2.17 bits per heavy atom. The molecule has 0 aliphatic rings. The predicted molar refractivity (Wildman–Crippen MR) is 89.1 cm³/mol. The summed E-state index contributed by atoms with van der Waals surface area (Å²) in [6.45, 7) is 6.71. The van der Waals surface area contributed by atoms with Crippen molar-refractivity contribution in [3.63, 3.8) is 0 Å². The largest absolute Gasteiger partial charge is 0.467 e. The van der Waals surface area contributed by atoms with Gasteiger partial charge in [-0.3, -0.25) is 4.79 Å². The highest BCUT2D eigenvalue weighted by atomic mass is 16.3. The molecule has 1 N–H and O–H groups in total. The van der Waals surface area contributed by atoms with Gasteiger partial charge in [0.05, 0.1) is 30.3 Å². The lowest BCUT2D eigenvalue weighted by atomic mass is 10.1. The first-order valence-electron chi connectivity index (χ1n) is 7.81. The molecule has 0 saturated carbocycles. The molecule has 0 spiro atoms. The number of fused-ring (bicyclic) bond motifs is 1. The fraction of sp³-hybridized carbons (Fsp3) is 0.333. The minimum absolute atomic E-state index is 0.0271. The van der Waals surface area contributed by atoms with Gasteiger partial charge in [0, 0.05) is 6.04 Å². The average molecular weight is 311 g/mol. The van der Waals surface area contributed by atoms with Crippen LogP contribution in [-0.2, 0) is 17.8 Å². The molecular weight excluding hydrogens is 290 g/mol. The zero-order valence-electron chi connectivity index (χ0n) is 13.7. The third-order valence-corrected chi connectivity index (χ3v) is 3.85. The van der Waals surface area contributed by atoms with Gasteiger partial charge in [0.25, 0.3) is 0 Å². The Morgan fingerprint density at radius 3 is 2.87 bits per heavy atom. The highest BCUT2D eigenvalue weighted by Crippen LogP contribution is 2.22. The Bertz CT molecular complexity index is 816. The van der Waals surface area contributed by atoms with Gasteiger partial charge in [0.15, 0.2) is 0 Å². The van der Waals surface area contributed by atoms with E-state index in [4.69, 9.17) is 4.42 Å². The fourth-order valence-electron chi connectivity index (χ4n) is 2.87. The SMILES string of the molecule is Cc1nc2cc(CC(=O)NCc3ccco3)ccc2n1C(C)C. The number of furan rings is 1. The van der Waals surface area contributed by atoms with Crippen molar-refractivity contribution in [2.24, 2.45) is 0 Å². The van der Waals surface area contributed by atoms with E-state index in [0.29, 0.717) is 19.0 Å². The summed E-state index contributed by atoms with van der Waals surface area (Å²) >= 11 is 0. The number of carbonyl (C=O) groups is 1. The number of imidazole rings is 1. The van der Waals surface area contributed by atoms with Gasteiger partial charge in [0.1, 0.15) is 11.6 Å². The Balaban J connectivity index is 1.72. The van der Waals surface area contributed by atoms with E-state index in [2.05, 4.69) is 28.7 Å². The maximum absolute atomic E-state index is 12.0. The molecule has 1 aromatic carbocycles. The van der Waals surface area contributed by atoms with Crippen molar-refractivity contribution in [3.05, 3.63) is 53.7 Å². The minimum atomic E-state index is -0.0271. The third kappa shape index (κ3) is 3.28. The number of amides is 1. The first kappa shape index (κ1) is 15.3. The summed E-state index contributed by atoms with van der Waals surface area (Å²) in [5.41, 5.74) is 3.01. The van der Waals surface area contributed by atoms with Crippen molar-refractivity contribution in [2.75, 3.05) is 0 Å². The predicted octanol–water partition coefficient (Wildman–Crippen LogP) is 3.38. The third-order valence-electron chi connectivity index (χ3n) is 3.85. The summed E-state index contributed by atoms with van der Waals surface area (Å²) in [7, 11) is 0. The zero-order chi connectivity index (χ0) is 16.4. The molecule has 0 aliphatic carbocycles. The summed E-state index contributed by atoms with van der Waals surface area (Å²) in [4.78, 5) is 16.7. The van der Waals surface area contributed by atoms with Gasteiger partial charge in [-0.25, -0.2) is 4.98 Å². The fourth-order valence-corrected chi connectivity index (χ4v) is 2.87. The van der Waals surface area contributed by atoms with E-state index in [0.717, 1.165) is 28.2 Å². The number of benzene rings is 1. The lowest BCUT2D eigenvalue weighted by Crippen LogP contribution is -2.24. The molecule has 0 radical (unpaired) electrons. The van der Waals surface area contributed by atoms with Gasteiger partial charge in [-0.2, -0.15) is 0 Å². The van der Waals surface area contributed by atoms with Crippen LogP contribution in [0.4, 0.5) is 0 Å². The van der Waals surface area contributed by atoms with E-state index >= 15 is 0 Å². The van der Waals surface area contributed by atoms with Crippen molar-refractivity contribution in [1.29, 1.82) is 0 Å². The van der Waals surface area contributed by atoms with Gasteiger partial charge >= 0.3 is 0 Å². The molecular formula is C18H21N3O2. The van der Waals surface area contributed by atoms with Crippen molar-refractivity contribution >= 4 is 16.9 Å². The van der Waals surface area contributed by atoms with E-state index in [9.17, 15) is 4.79 Å². The standard InChI is InChI=1S/C18H21N3O2/c1-12(2)21-13(3)20-16-9-14(6-7-17(16)21)10-18(22)19-11-15-5-4-8-23-15/h4-9,12H,10-11H2,1-3H3,(H,19,22). The van der Waals surface area contributed by atoms with E-state index in [1.165, 1.54) is 0 Å². The summed E-state index contributed by atoms with van der Waals surface area (Å²) in [6.07, 6.45) is 1.94. The average Bonchev–Trinajstić information content (AvgIpc) is 3.10. The Labute approximate surface area is 135 Å². The molecule has 2 aromatic heterocycles. The van der Waals surface area contributed by atoms with Crippen LogP contribution >= 0.6 is 0 Å². The normalized spacial score (nSPS) is 11.3. The van der Waals surface area contributed by atoms with Crippen LogP contribution in [0.2, 0.25) is 0 Å². The first-order chi connectivity index (χ1) is 11.0. The first-order valence-corrected chi connectivity index (χ1v) is 7.81. The topological polar surface area (TPSA) is 60.1 Å². The van der Waals surface area contributed by atoms with E-state index in [1.54, 1.807) is 6.26 Å². The summed E-state index contributed by atoms with van der Waals surface area (Å²) in [5, 5.41) is 2.86. The summed E-state index contributed by atoms with van der Waals surface area (Å²) < 4.78 is 7.41. The highest BCUT2D eigenvalue weighted by Gasteiger charge is 2.11. The van der Waals surface area contributed by atoms with Gasteiger partial charge in [-0.05, 0) is 50.6 Å². The molecule has 1 amide bonds. The number of aromatic nitrogens is 2. The van der Waals surface area contributed by atoms with Gasteiger partial charge in [-0.1, -0.05) is 6.07 Å². The van der Waals surface area contributed by atoms with Crippen LogP contribution < -0.4 is 5.32 Å². The number of hydrogen-bond acceptors (Lipinski definition) is 3. The molecule has 23 heavy (non-hydrogen) atoms. The van der Waals surface area contributed by atoms with Crippen LogP contribution in [0.3, 0.4) is 0 Å². The van der Waals surface area contributed by atoms with Gasteiger partial charge in [0.2, 0.25) is 5.91 Å². The lowest BCUT2D eigenvalue weighted by molar-refractivity contribution is -0.120. The molecule has 5 heteroatoms. The van der Waals surface area contributed by atoms with Gasteiger partial charge < -0.3 is 14.3 Å². The number of nitrogens with one attached hydrogen (secondary N) is 1. The molecule has 0 atom stereocenters. The summed E-state index contributed by atoms with van der Waals surface area (Å²) in [5.74, 6) is 1.72.